The summed E-state index contributed by atoms with van der Waals surface area (Å²) in [6.07, 6.45) is 0.935. The topological polar surface area (TPSA) is 46.6 Å². The summed E-state index contributed by atoms with van der Waals surface area (Å²) in [6.45, 7) is 2.92. The third-order valence-electron chi connectivity index (χ3n) is 2.88. The first-order chi connectivity index (χ1) is 8.26. The molecule has 1 aromatic rings. The van der Waals surface area contributed by atoms with Gasteiger partial charge < -0.3 is 14.4 Å². The van der Waals surface area contributed by atoms with Gasteiger partial charge in [0.15, 0.2) is 0 Å². The molecule has 0 N–H and O–H groups in total. The largest absolute Gasteiger partial charge is 0.465 e. The Balaban J connectivity index is 2.16. The Kier molecular flexibility index (Phi) is 3.42. The number of para-hydroxylation sites is 1. The van der Waals surface area contributed by atoms with Crippen LogP contribution in [-0.2, 0) is 14.3 Å². The molecular weight excluding hydrogens is 218 g/mol. The number of carbonyl (C=O) groups excluding carboxylic acids is 2. The van der Waals surface area contributed by atoms with Gasteiger partial charge in [-0.15, -0.1) is 0 Å². The molecule has 4 heteroatoms. The molecule has 0 aromatic heterocycles. The monoisotopic (exact) mass is 233 g/mol. The first kappa shape index (κ1) is 11.6. The highest BCUT2D eigenvalue weighted by Gasteiger charge is 2.29. The van der Waals surface area contributed by atoms with Crippen LogP contribution < -0.4 is 4.90 Å². The number of rotatable bonds is 4. The number of hydrogen-bond acceptors (Lipinski definition) is 4. The zero-order valence-corrected chi connectivity index (χ0v) is 9.76. The lowest BCUT2D eigenvalue weighted by Crippen LogP contribution is -2.30. The quantitative estimate of drug-likeness (QED) is 0.582. The Labute approximate surface area is 100 Å². The summed E-state index contributed by atoms with van der Waals surface area (Å²) < 4.78 is 4.92. The number of esters is 1. The fraction of sp³-hybridized carbons (Fsp3) is 0.385. The molecule has 90 valence electrons. The highest BCUT2D eigenvalue weighted by molar-refractivity contribution is 5.81. The van der Waals surface area contributed by atoms with Gasteiger partial charge in [0.25, 0.3) is 0 Å². The molecular formula is C13H15NO3. The molecule has 0 spiro atoms. The molecule has 0 saturated carbocycles. The third kappa shape index (κ3) is 2.30. The fourth-order valence-corrected chi connectivity index (χ4v) is 2.15. The van der Waals surface area contributed by atoms with Crippen molar-refractivity contribution in [2.24, 2.45) is 0 Å². The first-order valence-corrected chi connectivity index (χ1v) is 5.71. The number of benzene rings is 1. The zero-order chi connectivity index (χ0) is 12.3. The molecule has 1 aromatic carbocycles. The Morgan fingerprint density at radius 3 is 3.00 bits per heavy atom. The minimum Gasteiger partial charge on any atom is -0.465 e. The number of nitrogens with zero attached hydrogens (tertiary/aromatic N) is 1. The maximum absolute atomic E-state index is 11.5. The Hall–Kier alpha value is -1.84. The molecule has 4 nitrogen and oxygen atoms in total. The van der Waals surface area contributed by atoms with Crippen molar-refractivity contribution < 1.29 is 14.3 Å². The van der Waals surface area contributed by atoms with Gasteiger partial charge in [0, 0.05) is 12.2 Å². The van der Waals surface area contributed by atoms with Crippen molar-refractivity contribution in [1.82, 2.24) is 0 Å². The van der Waals surface area contributed by atoms with Crippen molar-refractivity contribution in [3.63, 3.8) is 0 Å². The van der Waals surface area contributed by atoms with E-state index in [0.717, 1.165) is 17.5 Å². The Morgan fingerprint density at radius 2 is 2.29 bits per heavy atom. The van der Waals surface area contributed by atoms with E-state index in [0.29, 0.717) is 13.2 Å². The summed E-state index contributed by atoms with van der Waals surface area (Å²) in [6, 6.07) is 7.67. The van der Waals surface area contributed by atoms with Crippen LogP contribution in [0.5, 0.6) is 0 Å². The van der Waals surface area contributed by atoms with E-state index in [1.54, 1.807) is 6.92 Å². The maximum Gasteiger partial charge on any atom is 0.325 e. The summed E-state index contributed by atoms with van der Waals surface area (Å²) in [7, 11) is 0. The predicted molar refractivity (Wildman–Crippen MR) is 64.1 cm³/mol. The normalized spacial score (nSPS) is 17.7. The summed E-state index contributed by atoms with van der Waals surface area (Å²) >= 11 is 0. The number of hydrogen-bond donors (Lipinski definition) is 0. The summed E-state index contributed by atoms with van der Waals surface area (Å²) in [5.74, 6) is -0.394. The van der Waals surface area contributed by atoms with Crippen molar-refractivity contribution in [3.05, 3.63) is 29.8 Å². The highest BCUT2D eigenvalue weighted by Crippen LogP contribution is 2.34. The molecule has 0 bridgehead atoms. The lowest BCUT2D eigenvalue weighted by atomic mass is 10.0. The van der Waals surface area contributed by atoms with E-state index in [-0.39, 0.29) is 18.4 Å². The standard InChI is InChI=1S/C13H15NO3/c1-2-17-13(16)8-14-7-10(9-15)11-5-3-4-6-12(11)14/h3-6,9-10H,2,7-8H2,1H3. The molecule has 1 unspecified atom stereocenters. The molecule has 0 aliphatic carbocycles. The van der Waals surface area contributed by atoms with Crippen LogP contribution in [0.3, 0.4) is 0 Å². The average molecular weight is 233 g/mol. The van der Waals surface area contributed by atoms with E-state index in [9.17, 15) is 9.59 Å². The maximum atomic E-state index is 11.5. The second-order valence-electron chi connectivity index (χ2n) is 3.99. The van der Waals surface area contributed by atoms with E-state index < -0.39 is 0 Å². The van der Waals surface area contributed by atoms with E-state index >= 15 is 0 Å². The predicted octanol–water partition coefficient (Wildman–Crippen LogP) is 1.35. The fourth-order valence-electron chi connectivity index (χ4n) is 2.15. The van der Waals surface area contributed by atoms with E-state index in [4.69, 9.17) is 4.74 Å². The molecule has 2 rings (SSSR count). The summed E-state index contributed by atoms with van der Waals surface area (Å²) in [4.78, 5) is 24.3. The highest BCUT2D eigenvalue weighted by atomic mass is 16.5. The van der Waals surface area contributed by atoms with Gasteiger partial charge in [0.2, 0.25) is 0 Å². The smallest absolute Gasteiger partial charge is 0.325 e. The molecule has 1 atom stereocenters. The lowest BCUT2D eigenvalue weighted by Gasteiger charge is -2.17. The van der Waals surface area contributed by atoms with Crippen molar-refractivity contribution in [2.45, 2.75) is 12.8 Å². The molecule has 1 heterocycles. The van der Waals surface area contributed by atoms with Gasteiger partial charge >= 0.3 is 5.97 Å². The number of anilines is 1. The van der Waals surface area contributed by atoms with Crippen molar-refractivity contribution in [1.29, 1.82) is 0 Å². The van der Waals surface area contributed by atoms with Crippen molar-refractivity contribution >= 4 is 17.9 Å². The average Bonchev–Trinajstić information content (AvgIpc) is 2.68. The van der Waals surface area contributed by atoms with Gasteiger partial charge in [0.1, 0.15) is 12.8 Å². The molecule has 0 amide bonds. The molecule has 0 fully saturated rings. The second-order valence-corrected chi connectivity index (χ2v) is 3.99. The van der Waals surface area contributed by atoms with Crippen LogP contribution in [0.4, 0.5) is 5.69 Å². The van der Waals surface area contributed by atoms with Gasteiger partial charge in [0.05, 0.1) is 12.5 Å². The SMILES string of the molecule is CCOC(=O)CN1CC(C=O)c2ccccc21. The minimum atomic E-state index is -0.256. The van der Waals surface area contributed by atoms with Gasteiger partial charge in [-0.1, -0.05) is 18.2 Å². The number of ether oxygens (including phenoxy) is 1. The van der Waals surface area contributed by atoms with E-state index in [2.05, 4.69) is 0 Å². The Bertz CT molecular complexity index is 430. The van der Waals surface area contributed by atoms with E-state index in [1.807, 2.05) is 29.2 Å². The van der Waals surface area contributed by atoms with Crippen LogP contribution in [0.2, 0.25) is 0 Å². The van der Waals surface area contributed by atoms with Crippen molar-refractivity contribution in [2.75, 3.05) is 24.6 Å². The number of aldehydes is 1. The molecule has 1 aliphatic heterocycles. The molecule has 0 saturated heterocycles. The van der Waals surface area contributed by atoms with Crippen LogP contribution in [0.1, 0.15) is 18.4 Å². The van der Waals surface area contributed by atoms with Gasteiger partial charge in [-0.3, -0.25) is 4.79 Å². The number of carbonyl (C=O) groups is 2. The molecule has 1 aliphatic rings. The lowest BCUT2D eigenvalue weighted by molar-refractivity contribution is -0.141. The first-order valence-electron chi connectivity index (χ1n) is 5.71. The van der Waals surface area contributed by atoms with Crippen LogP contribution in [-0.4, -0.2) is 32.0 Å². The zero-order valence-electron chi connectivity index (χ0n) is 9.76. The van der Waals surface area contributed by atoms with E-state index in [1.165, 1.54) is 0 Å². The van der Waals surface area contributed by atoms with Crippen LogP contribution in [0.25, 0.3) is 0 Å². The minimum absolute atomic E-state index is 0.138. The second kappa shape index (κ2) is 4.99. The van der Waals surface area contributed by atoms with Crippen LogP contribution in [0, 0.1) is 0 Å². The van der Waals surface area contributed by atoms with Gasteiger partial charge in [-0.25, -0.2) is 0 Å². The van der Waals surface area contributed by atoms with Crippen molar-refractivity contribution in [3.8, 4) is 0 Å². The summed E-state index contributed by atoms with van der Waals surface area (Å²) in [5.41, 5.74) is 1.95. The molecule has 17 heavy (non-hydrogen) atoms. The van der Waals surface area contributed by atoms with Crippen LogP contribution >= 0.6 is 0 Å². The van der Waals surface area contributed by atoms with Crippen LogP contribution in [0.15, 0.2) is 24.3 Å². The van der Waals surface area contributed by atoms with Gasteiger partial charge in [-0.2, -0.15) is 0 Å². The molecule has 0 radical (unpaired) electrons. The Morgan fingerprint density at radius 1 is 1.53 bits per heavy atom. The van der Waals surface area contributed by atoms with Gasteiger partial charge in [-0.05, 0) is 18.6 Å². The third-order valence-corrected chi connectivity index (χ3v) is 2.88. The number of fused-ring (bicyclic) bond motifs is 1. The summed E-state index contributed by atoms with van der Waals surface area (Å²) in [5, 5.41) is 0.